The molecule has 0 saturated carbocycles. The lowest BCUT2D eigenvalue weighted by Crippen LogP contribution is -2.52. The Hall–Kier alpha value is -0.990. The van der Waals surface area contributed by atoms with Crippen LogP contribution in [0.15, 0.2) is 17.1 Å². The van der Waals surface area contributed by atoms with Crippen LogP contribution in [0.25, 0.3) is 0 Å². The van der Waals surface area contributed by atoms with Crippen molar-refractivity contribution < 1.29 is 13.2 Å². The van der Waals surface area contributed by atoms with Gasteiger partial charge in [-0.25, -0.2) is 0 Å². The van der Waals surface area contributed by atoms with Crippen LogP contribution in [0.3, 0.4) is 0 Å². The van der Waals surface area contributed by atoms with Gasteiger partial charge in [-0.15, -0.1) is 11.3 Å². The van der Waals surface area contributed by atoms with Crippen LogP contribution in [-0.4, -0.2) is 61.7 Å². The highest BCUT2D eigenvalue weighted by Gasteiger charge is 2.26. The SMILES string of the molecule is CN=C(NCCCCC(F)(F)F)N1CCN(Cc2ccc(Cl)s2)CC1. The molecule has 25 heavy (non-hydrogen) atoms. The highest BCUT2D eigenvalue weighted by atomic mass is 35.5. The fraction of sp³-hybridized carbons (Fsp3) is 0.688. The first kappa shape index (κ1) is 20.3. The Morgan fingerprint density at radius 2 is 1.96 bits per heavy atom. The van der Waals surface area contributed by atoms with Crippen LogP contribution in [0, 0.1) is 0 Å². The fourth-order valence-corrected chi connectivity index (χ4v) is 3.89. The number of nitrogens with zero attached hydrogens (tertiary/aromatic N) is 3. The summed E-state index contributed by atoms with van der Waals surface area (Å²) in [6.07, 6.45) is -4.16. The molecule has 0 amide bonds. The van der Waals surface area contributed by atoms with Crippen molar-refractivity contribution in [3.8, 4) is 0 Å². The average molecular weight is 397 g/mol. The second kappa shape index (κ2) is 9.64. The average Bonchev–Trinajstić information content (AvgIpc) is 2.96. The number of alkyl halides is 3. The van der Waals surface area contributed by atoms with E-state index in [0.29, 0.717) is 13.0 Å². The van der Waals surface area contributed by atoms with Gasteiger partial charge in [0, 0.05) is 57.6 Å². The number of piperazine rings is 1. The number of hydrogen-bond acceptors (Lipinski definition) is 3. The molecule has 1 saturated heterocycles. The van der Waals surface area contributed by atoms with Gasteiger partial charge in [-0.1, -0.05) is 11.6 Å². The van der Waals surface area contributed by atoms with Gasteiger partial charge in [0.1, 0.15) is 0 Å². The van der Waals surface area contributed by atoms with E-state index in [0.717, 1.165) is 43.0 Å². The highest BCUT2D eigenvalue weighted by Crippen LogP contribution is 2.23. The van der Waals surface area contributed by atoms with Crippen LogP contribution in [0.5, 0.6) is 0 Å². The van der Waals surface area contributed by atoms with Crippen molar-refractivity contribution in [2.24, 2.45) is 4.99 Å². The number of hydrogen-bond donors (Lipinski definition) is 1. The van der Waals surface area contributed by atoms with E-state index >= 15 is 0 Å². The molecular formula is C16H24ClF3N4S. The maximum absolute atomic E-state index is 12.1. The number of rotatable bonds is 6. The smallest absolute Gasteiger partial charge is 0.356 e. The minimum atomic E-state index is -4.06. The Balaban J connectivity index is 1.67. The molecule has 2 rings (SSSR count). The summed E-state index contributed by atoms with van der Waals surface area (Å²) < 4.78 is 37.2. The van der Waals surface area contributed by atoms with Crippen LogP contribution >= 0.6 is 22.9 Å². The zero-order valence-corrected chi connectivity index (χ0v) is 15.9. The third-order valence-corrected chi connectivity index (χ3v) is 5.28. The van der Waals surface area contributed by atoms with Crippen LogP contribution in [-0.2, 0) is 6.54 Å². The highest BCUT2D eigenvalue weighted by molar-refractivity contribution is 7.16. The summed E-state index contributed by atoms with van der Waals surface area (Å²) in [6, 6.07) is 3.98. The molecule has 0 unspecified atom stereocenters. The van der Waals surface area contributed by atoms with Crippen molar-refractivity contribution in [2.45, 2.75) is 32.0 Å². The van der Waals surface area contributed by atoms with Gasteiger partial charge in [-0.05, 0) is 25.0 Å². The molecule has 1 aromatic heterocycles. The third-order valence-electron chi connectivity index (χ3n) is 4.06. The number of nitrogens with one attached hydrogen (secondary N) is 1. The standard InChI is InChI=1S/C16H24ClF3N4S/c1-21-15(22-7-3-2-6-16(18,19)20)24-10-8-23(9-11-24)12-13-4-5-14(17)25-13/h4-5H,2-3,6-12H2,1H3,(H,21,22). The molecule has 4 nitrogen and oxygen atoms in total. The van der Waals surface area contributed by atoms with Crippen molar-refractivity contribution in [3.63, 3.8) is 0 Å². The molecule has 1 fully saturated rings. The topological polar surface area (TPSA) is 30.9 Å². The maximum atomic E-state index is 12.1. The van der Waals surface area contributed by atoms with E-state index in [1.165, 1.54) is 4.88 Å². The molecular weight excluding hydrogens is 373 g/mol. The molecule has 1 aliphatic heterocycles. The Morgan fingerprint density at radius 3 is 2.52 bits per heavy atom. The molecule has 1 N–H and O–H groups in total. The Labute approximate surface area is 155 Å². The summed E-state index contributed by atoms with van der Waals surface area (Å²) >= 11 is 7.57. The second-order valence-electron chi connectivity index (χ2n) is 6.02. The molecule has 1 aromatic rings. The molecule has 0 aliphatic carbocycles. The minimum Gasteiger partial charge on any atom is -0.356 e. The van der Waals surface area contributed by atoms with Gasteiger partial charge in [-0.2, -0.15) is 13.2 Å². The third kappa shape index (κ3) is 7.42. The van der Waals surface area contributed by atoms with Gasteiger partial charge >= 0.3 is 6.18 Å². The molecule has 142 valence electrons. The van der Waals surface area contributed by atoms with Crippen LogP contribution in [0.2, 0.25) is 4.34 Å². The Morgan fingerprint density at radius 1 is 1.24 bits per heavy atom. The zero-order chi connectivity index (χ0) is 18.3. The first-order valence-corrected chi connectivity index (χ1v) is 9.56. The zero-order valence-electron chi connectivity index (χ0n) is 14.3. The Kier molecular flexibility index (Phi) is 7.83. The maximum Gasteiger partial charge on any atom is 0.389 e. The lowest BCUT2D eigenvalue weighted by Gasteiger charge is -2.36. The summed E-state index contributed by atoms with van der Waals surface area (Å²) in [5.74, 6) is 0.769. The summed E-state index contributed by atoms with van der Waals surface area (Å²) in [6.45, 7) is 4.95. The number of halogens is 4. The fourth-order valence-electron chi connectivity index (χ4n) is 2.76. The normalized spacial score (nSPS) is 17.2. The van der Waals surface area contributed by atoms with E-state index in [-0.39, 0.29) is 6.42 Å². The number of thiophene rings is 1. The lowest BCUT2D eigenvalue weighted by atomic mass is 10.2. The van der Waals surface area contributed by atoms with Crippen molar-refractivity contribution in [1.82, 2.24) is 15.1 Å². The minimum absolute atomic E-state index is 0.143. The monoisotopic (exact) mass is 396 g/mol. The summed E-state index contributed by atoms with van der Waals surface area (Å²) in [5, 5.41) is 3.17. The molecule has 1 aliphatic rings. The predicted molar refractivity (Wildman–Crippen MR) is 97.4 cm³/mol. The molecule has 2 heterocycles. The largest absolute Gasteiger partial charge is 0.389 e. The van der Waals surface area contributed by atoms with E-state index in [1.54, 1.807) is 18.4 Å². The molecule has 0 radical (unpaired) electrons. The second-order valence-corrected chi connectivity index (χ2v) is 7.81. The van der Waals surface area contributed by atoms with Gasteiger partial charge in [0.15, 0.2) is 5.96 Å². The van der Waals surface area contributed by atoms with Crippen LogP contribution < -0.4 is 5.32 Å². The van der Waals surface area contributed by atoms with Crippen LogP contribution in [0.4, 0.5) is 13.2 Å². The Bertz CT molecular complexity index is 554. The van der Waals surface area contributed by atoms with E-state index in [4.69, 9.17) is 11.6 Å². The number of unbranched alkanes of at least 4 members (excludes halogenated alkanes) is 1. The summed E-state index contributed by atoms with van der Waals surface area (Å²) in [7, 11) is 1.71. The molecule has 0 aromatic carbocycles. The quantitative estimate of drug-likeness (QED) is 0.450. The van der Waals surface area contributed by atoms with Gasteiger partial charge in [0.05, 0.1) is 4.34 Å². The first-order chi connectivity index (χ1) is 11.9. The van der Waals surface area contributed by atoms with E-state index in [2.05, 4.69) is 26.2 Å². The number of guanidine groups is 1. The van der Waals surface area contributed by atoms with Crippen molar-refractivity contribution >= 4 is 28.9 Å². The molecule has 9 heteroatoms. The first-order valence-electron chi connectivity index (χ1n) is 8.36. The van der Waals surface area contributed by atoms with Crippen molar-refractivity contribution in [2.75, 3.05) is 39.8 Å². The van der Waals surface area contributed by atoms with Crippen molar-refractivity contribution in [3.05, 3.63) is 21.3 Å². The predicted octanol–water partition coefficient (Wildman–Crippen LogP) is 3.83. The van der Waals surface area contributed by atoms with Gasteiger partial charge in [0.2, 0.25) is 0 Å². The summed E-state index contributed by atoms with van der Waals surface area (Å²) in [5.41, 5.74) is 0. The van der Waals surface area contributed by atoms with Crippen molar-refractivity contribution in [1.29, 1.82) is 0 Å². The van der Waals surface area contributed by atoms with E-state index < -0.39 is 12.6 Å². The molecule has 0 spiro atoms. The van der Waals surface area contributed by atoms with E-state index in [9.17, 15) is 13.2 Å². The molecule has 0 atom stereocenters. The van der Waals surface area contributed by atoms with Gasteiger partial charge < -0.3 is 10.2 Å². The number of aliphatic imine (C=N–C) groups is 1. The van der Waals surface area contributed by atoms with Crippen LogP contribution in [0.1, 0.15) is 24.1 Å². The lowest BCUT2D eigenvalue weighted by molar-refractivity contribution is -0.135. The van der Waals surface area contributed by atoms with Gasteiger partial charge in [-0.3, -0.25) is 9.89 Å². The van der Waals surface area contributed by atoms with Gasteiger partial charge in [0.25, 0.3) is 0 Å². The van der Waals surface area contributed by atoms with E-state index in [1.807, 2.05) is 6.07 Å². The summed E-state index contributed by atoms with van der Waals surface area (Å²) in [4.78, 5) is 10.0. The molecule has 0 bridgehead atoms.